The smallest absolute Gasteiger partial charge is 0.272 e. The lowest BCUT2D eigenvalue weighted by atomic mass is 10.2. The van der Waals surface area contributed by atoms with Crippen molar-refractivity contribution in [3.8, 4) is 0 Å². The molecule has 1 N–H and O–H groups in total. The van der Waals surface area contributed by atoms with Crippen molar-refractivity contribution in [3.63, 3.8) is 0 Å². The molecule has 1 aromatic heterocycles. The number of aromatic nitrogens is 2. The van der Waals surface area contributed by atoms with Gasteiger partial charge in [0, 0.05) is 25.8 Å². The van der Waals surface area contributed by atoms with E-state index in [9.17, 15) is 13.2 Å². The molecular weight excluding hydrogens is 304 g/mol. The van der Waals surface area contributed by atoms with E-state index >= 15 is 0 Å². The van der Waals surface area contributed by atoms with E-state index in [4.69, 9.17) is 0 Å². The molecule has 8 heteroatoms. The molecule has 1 aromatic rings. The summed E-state index contributed by atoms with van der Waals surface area (Å²) in [5.41, 5.74) is 0.279. The first-order valence-electron chi connectivity index (χ1n) is 7.47. The van der Waals surface area contributed by atoms with Crippen LogP contribution in [0.5, 0.6) is 0 Å². The average molecular weight is 326 g/mol. The zero-order valence-corrected chi connectivity index (χ0v) is 13.8. The Balaban J connectivity index is 2.04. The van der Waals surface area contributed by atoms with Crippen LogP contribution in [-0.4, -0.2) is 60.3 Å². The number of nitrogens with zero attached hydrogens (tertiary/aromatic N) is 3. The lowest BCUT2D eigenvalue weighted by Crippen LogP contribution is -2.38. The third-order valence-corrected chi connectivity index (χ3v) is 5.51. The van der Waals surface area contributed by atoms with Crippen LogP contribution < -0.4 is 5.32 Å². The fraction of sp³-hybridized carbons (Fsp3) is 0.643. The summed E-state index contributed by atoms with van der Waals surface area (Å²) in [6.07, 6.45) is 4.08. The number of hydrogen-bond acceptors (Lipinski definition) is 6. The first kappa shape index (κ1) is 16.7. The number of nitrogens with one attached hydrogen (secondary N) is 1. The highest BCUT2D eigenvalue weighted by Gasteiger charge is 2.33. The van der Waals surface area contributed by atoms with Gasteiger partial charge < -0.3 is 10.2 Å². The van der Waals surface area contributed by atoms with E-state index in [1.165, 1.54) is 11.1 Å². The van der Waals surface area contributed by atoms with Crippen molar-refractivity contribution in [1.29, 1.82) is 0 Å². The molecule has 0 saturated carbocycles. The molecule has 1 saturated heterocycles. The van der Waals surface area contributed by atoms with E-state index in [0.29, 0.717) is 12.4 Å². The maximum atomic E-state index is 12.4. The summed E-state index contributed by atoms with van der Waals surface area (Å²) in [6, 6.07) is 1.27. The minimum Gasteiger partial charge on any atom is -0.354 e. The average Bonchev–Trinajstić information content (AvgIpc) is 2.86. The second-order valence-corrected chi connectivity index (χ2v) is 7.75. The Labute approximate surface area is 131 Å². The van der Waals surface area contributed by atoms with Gasteiger partial charge in [-0.3, -0.25) is 4.79 Å². The van der Waals surface area contributed by atoms with Crippen LogP contribution in [0.25, 0.3) is 0 Å². The summed E-state index contributed by atoms with van der Waals surface area (Å²) >= 11 is 0. The number of carbonyl (C=O) groups excluding carboxylic acids is 1. The van der Waals surface area contributed by atoms with Crippen molar-refractivity contribution in [3.05, 3.63) is 18.0 Å². The van der Waals surface area contributed by atoms with Crippen molar-refractivity contribution in [2.75, 3.05) is 30.4 Å². The first-order valence-corrected chi connectivity index (χ1v) is 9.29. The number of rotatable bonds is 6. The Hall–Kier alpha value is -1.70. The van der Waals surface area contributed by atoms with Crippen molar-refractivity contribution < 1.29 is 13.2 Å². The Bertz CT molecular complexity index is 633. The van der Waals surface area contributed by atoms with Crippen molar-refractivity contribution in [1.82, 2.24) is 14.9 Å². The van der Waals surface area contributed by atoms with Crippen LogP contribution in [-0.2, 0) is 9.84 Å². The molecule has 0 aromatic carbocycles. The summed E-state index contributed by atoms with van der Waals surface area (Å²) < 4.78 is 23.1. The molecule has 1 atom stereocenters. The Morgan fingerprint density at radius 2 is 2.27 bits per heavy atom. The van der Waals surface area contributed by atoms with Gasteiger partial charge in [-0.2, -0.15) is 0 Å². The molecule has 0 radical (unpaired) electrons. The molecule has 2 rings (SSSR count). The van der Waals surface area contributed by atoms with E-state index in [0.717, 1.165) is 19.4 Å². The number of anilines is 1. The molecule has 22 heavy (non-hydrogen) atoms. The minimum atomic E-state index is -3.02. The maximum Gasteiger partial charge on any atom is 0.272 e. The molecule has 1 aliphatic heterocycles. The highest BCUT2D eigenvalue weighted by atomic mass is 32.2. The van der Waals surface area contributed by atoms with Crippen LogP contribution in [0.3, 0.4) is 0 Å². The quantitative estimate of drug-likeness (QED) is 0.782. The number of amides is 1. The summed E-state index contributed by atoms with van der Waals surface area (Å²) in [5, 5.41) is 3.07. The third kappa shape index (κ3) is 4.16. The molecule has 1 aliphatic rings. The lowest BCUT2D eigenvalue weighted by molar-refractivity contribution is 0.0741. The maximum absolute atomic E-state index is 12.4. The highest BCUT2D eigenvalue weighted by molar-refractivity contribution is 7.91. The summed E-state index contributed by atoms with van der Waals surface area (Å²) in [4.78, 5) is 22.2. The first-order chi connectivity index (χ1) is 10.4. The van der Waals surface area contributed by atoms with Crippen LogP contribution in [0.15, 0.2) is 12.3 Å². The van der Waals surface area contributed by atoms with Crippen LogP contribution in [0.1, 0.15) is 36.7 Å². The lowest BCUT2D eigenvalue weighted by Gasteiger charge is -2.23. The molecule has 1 unspecified atom stereocenters. The minimum absolute atomic E-state index is 0.0297. The van der Waals surface area contributed by atoms with Gasteiger partial charge in [0.25, 0.3) is 5.91 Å². The Morgan fingerprint density at radius 3 is 2.91 bits per heavy atom. The summed E-state index contributed by atoms with van der Waals surface area (Å²) in [6.45, 7) is 2.85. The normalized spacial score (nSPS) is 19.8. The zero-order chi connectivity index (χ0) is 16.2. The number of carbonyl (C=O) groups is 1. The second kappa shape index (κ2) is 7.04. The molecule has 0 aliphatic carbocycles. The zero-order valence-electron chi connectivity index (χ0n) is 12.9. The topological polar surface area (TPSA) is 92.3 Å². The molecule has 0 bridgehead atoms. The van der Waals surface area contributed by atoms with Gasteiger partial charge >= 0.3 is 0 Å². The highest BCUT2D eigenvalue weighted by Crippen LogP contribution is 2.18. The fourth-order valence-corrected chi connectivity index (χ4v) is 4.14. The second-order valence-electron chi connectivity index (χ2n) is 5.52. The van der Waals surface area contributed by atoms with Gasteiger partial charge in [0.2, 0.25) is 5.95 Å². The molecule has 7 nitrogen and oxygen atoms in total. The molecule has 2 heterocycles. The van der Waals surface area contributed by atoms with E-state index in [-0.39, 0.29) is 29.1 Å². The van der Waals surface area contributed by atoms with Gasteiger partial charge in [0.1, 0.15) is 5.69 Å². The molecule has 0 spiro atoms. The van der Waals surface area contributed by atoms with Gasteiger partial charge in [0.15, 0.2) is 9.84 Å². The van der Waals surface area contributed by atoms with Gasteiger partial charge in [-0.15, -0.1) is 0 Å². The van der Waals surface area contributed by atoms with Gasteiger partial charge in [-0.1, -0.05) is 13.3 Å². The summed E-state index contributed by atoms with van der Waals surface area (Å²) in [7, 11) is -1.39. The van der Waals surface area contributed by atoms with Crippen molar-refractivity contribution >= 4 is 21.7 Å². The van der Waals surface area contributed by atoms with Gasteiger partial charge in [0.05, 0.1) is 11.5 Å². The van der Waals surface area contributed by atoms with E-state index < -0.39 is 9.84 Å². The van der Waals surface area contributed by atoms with E-state index in [1.807, 2.05) is 0 Å². The predicted molar refractivity (Wildman–Crippen MR) is 84.6 cm³/mol. The number of hydrogen-bond donors (Lipinski definition) is 1. The standard InChI is InChI=1S/C14H22N4O3S/c1-3-4-7-15-14-16-8-5-12(17-14)13(19)18(2)11-6-9-22(20,21)10-11/h5,8,11H,3-4,6-7,9-10H2,1-2H3,(H,15,16,17). The number of unbranched alkanes of at least 4 members (excludes halogenated alkanes) is 1. The van der Waals surface area contributed by atoms with Crippen LogP contribution in [0.4, 0.5) is 5.95 Å². The SMILES string of the molecule is CCCCNc1nccc(C(=O)N(C)C2CCS(=O)(=O)C2)n1. The fourth-order valence-electron chi connectivity index (χ4n) is 2.37. The van der Waals surface area contributed by atoms with Crippen LogP contribution in [0, 0.1) is 0 Å². The molecule has 1 fully saturated rings. The Morgan fingerprint density at radius 1 is 1.50 bits per heavy atom. The van der Waals surface area contributed by atoms with Crippen molar-refractivity contribution in [2.45, 2.75) is 32.2 Å². The summed E-state index contributed by atoms with van der Waals surface area (Å²) in [5.74, 6) is 0.319. The monoisotopic (exact) mass is 326 g/mol. The van der Waals surface area contributed by atoms with Crippen LogP contribution >= 0.6 is 0 Å². The van der Waals surface area contributed by atoms with Gasteiger partial charge in [-0.05, 0) is 18.9 Å². The van der Waals surface area contributed by atoms with Crippen molar-refractivity contribution in [2.24, 2.45) is 0 Å². The van der Waals surface area contributed by atoms with E-state index in [1.54, 1.807) is 13.1 Å². The van der Waals surface area contributed by atoms with Crippen LogP contribution in [0.2, 0.25) is 0 Å². The predicted octanol–water partition coefficient (Wildman–Crippen LogP) is 0.948. The van der Waals surface area contributed by atoms with Gasteiger partial charge in [-0.25, -0.2) is 18.4 Å². The molecule has 1 amide bonds. The Kier molecular flexibility index (Phi) is 5.33. The number of sulfone groups is 1. The van der Waals surface area contributed by atoms with E-state index in [2.05, 4.69) is 22.2 Å². The third-order valence-electron chi connectivity index (χ3n) is 3.76. The largest absolute Gasteiger partial charge is 0.354 e. The molecular formula is C14H22N4O3S. The molecule has 122 valence electrons.